The lowest BCUT2D eigenvalue weighted by Gasteiger charge is -2.39. The van der Waals surface area contributed by atoms with E-state index in [1.165, 1.54) is 30.8 Å². The van der Waals surface area contributed by atoms with Crippen molar-refractivity contribution in [3.8, 4) is 0 Å². The van der Waals surface area contributed by atoms with Gasteiger partial charge in [-0.05, 0) is 30.9 Å². The Morgan fingerprint density at radius 1 is 1.06 bits per heavy atom. The molecule has 0 aromatic heterocycles. The lowest BCUT2D eigenvalue weighted by molar-refractivity contribution is 0.666. The molecule has 1 fully saturated rings. The summed E-state index contributed by atoms with van der Waals surface area (Å²) < 4.78 is 0. The molecule has 1 heterocycles. The van der Waals surface area contributed by atoms with Crippen LogP contribution >= 0.6 is 0 Å². The molecule has 17 heavy (non-hydrogen) atoms. The van der Waals surface area contributed by atoms with Gasteiger partial charge in [-0.25, -0.2) is 0 Å². The van der Waals surface area contributed by atoms with Crippen molar-refractivity contribution in [2.45, 2.75) is 12.8 Å². The number of benzene rings is 1. The zero-order valence-electron chi connectivity index (χ0n) is 10.3. The van der Waals surface area contributed by atoms with Crippen LogP contribution in [0.4, 0.5) is 11.4 Å². The first-order valence-electron chi connectivity index (χ1n) is 6.67. The molecular weight excluding hydrogens is 210 g/mol. The minimum atomic E-state index is 0.733. The maximum absolute atomic E-state index is 5.69. The van der Waals surface area contributed by atoms with Crippen LogP contribution in [0.25, 0.3) is 0 Å². The largest absolute Gasteiger partial charge is 0.368 e. The van der Waals surface area contributed by atoms with Crippen molar-refractivity contribution in [1.29, 1.82) is 0 Å². The Labute approximate surface area is 103 Å². The second-order valence-electron chi connectivity index (χ2n) is 5.15. The van der Waals surface area contributed by atoms with Gasteiger partial charge in [-0.3, -0.25) is 0 Å². The third kappa shape index (κ3) is 2.25. The summed E-state index contributed by atoms with van der Waals surface area (Å²) in [5.74, 6) is 0.948. The molecule has 92 valence electrons. The number of nitrogens with zero attached hydrogens (tertiary/aromatic N) is 2. The molecule has 2 aliphatic rings. The van der Waals surface area contributed by atoms with Crippen molar-refractivity contribution in [3.05, 3.63) is 24.3 Å². The van der Waals surface area contributed by atoms with Gasteiger partial charge in [0.1, 0.15) is 0 Å². The van der Waals surface area contributed by atoms with Crippen LogP contribution in [0.2, 0.25) is 0 Å². The fraction of sp³-hybridized carbons (Fsp3) is 0.571. The quantitative estimate of drug-likeness (QED) is 0.856. The molecule has 1 saturated carbocycles. The maximum atomic E-state index is 5.69. The molecule has 1 aromatic rings. The number of fused-ring (bicyclic) bond motifs is 1. The molecular formula is C14H21N3. The molecule has 0 amide bonds. The fourth-order valence-electron chi connectivity index (χ4n) is 2.67. The standard InChI is InChI=1S/C14H21N3/c15-7-8-16-9-10-17(11-12-5-6-12)14-4-2-1-3-13(14)16/h1-4,12H,5-11,15H2. The minimum Gasteiger partial charge on any atom is -0.368 e. The Balaban J connectivity index is 1.83. The molecule has 0 unspecified atom stereocenters. The first kappa shape index (κ1) is 10.9. The van der Waals surface area contributed by atoms with E-state index in [4.69, 9.17) is 5.73 Å². The monoisotopic (exact) mass is 231 g/mol. The van der Waals surface area contributed by atoms with E-state index in [2.05, 4.69) is 34.1 Å². The number of rotatable bonds is 4. The summed E-state index contributed by atoms with van der Waals surface area (Å²) in [5, 5.41) is 0. The van der Waals surface area contributed by atoms with Gasteiger partial charge in [0.15, 0.2) is 0 Å². The molecule has 0 spiro atoms. The number of hydrogen-bond acceptors (Lipinski definition) is 3. The average molecular weight is 231 g/mol. The van der Waals surface area contributed by atoms with Crippen molar-refractivity contribution >= 4 is 11.4 Å². The van der Waals surface area contributed by atoms with E-state index < -0.39 is 0 Å². The Morgan fingerprint density at radius 2 is 1.71 bits per heavy atom. The van der Waals surface area contributed by atoms with Crippen molar-refractivity contribution in [2.75, 3.05) is 42.5 Å². The second-order valence-corrected chi connectivity index (χ2v) is 5.15. The Morgan fingerprint density at radius 3 is 2.35 bits per heavy atom. The summed E-state index contributed by atoms with van der Waals surface area (Å²) >= 11 is 0. The summed E-state index contributed by atoms with van der Waals surface area (Å²) in [7, 11) is 0. The van der Waals surface area contributed by atoms with E-state index in [1.807, 2.05) is 0 Å². The molecule has 3 nitrogen and oxygen atoms in total. The molecule has 1 aliphatic heterocycles. The number of anilines is 2. The van der Waals surface area contributed by atoms with E-state index in [-0.39, 0.29) is 0 Å². The van der Waals surface area contributed by atoms with Crippen LogP contribution in [0.15, 0.2) is 24.3 Å². The summed E-state index contributed by atoms with van der Waals surface area (Å²) in [5.41, 5.74) is 8.45. The molecule has 0 saturated heterocycles. The number of para-hydroxylation sites is 2. The summed E-state index contributed by atoms with van der Waals surface area (Å²) in [6.07, 6.45) is 2.84. The molecule has 3 heteroatoms. The molecule has 3 rings (SSSR count). The highest BCUT2D eigenvalue weighted by Gasteiger charge is 2.28. The number of nitrogens with two attached hydrogens (primary N) is 1. The second kappa shape index (κ2) is 4.57. The minimum absolute atomic E-state index is 0.733. The van der Waals surface area contributed by atoms with Crippen molar-refractivity contribution in [3.63, 3.8) is 0 Å². The molecule has 0 atom stereocenters. The van der Waals surface area contributed by atoms with E-state index in [9.17, 15) is 0 Å². The van der Waals surface area contributed by atoms with Gasteiger partial charge in [0, 0.05) is 32.7 Å². The first-order valence-corrected chi connectivity index (χ1v) is 6.67. The normalized spacial score (nSPS) is 19.4. The highest BCUT2D eigenvalue weighted by molar-refractivity contribution is 5.73. The van der Waals surface area contributed by atoms with Crippen LogP contribution in [0, 0.1) is 5.92 Å². The van der Waals surface area contributed by atoms with Crippen molar-refractivity contribution < 1.29 is 0 Å². The third-order valence-electron chi connectivity index (χ3n) is 3.78. The van der Waals surface area contributed by atoms with E-state index >= 15 is 0 Å². The predicted octanol–water partition coefficient (Wildman–Crippen LogP) is 1.68. The van der Waals surface area contributed by atoms with Gasteiger partial charge in [0.25, 0.3) is 0 Å². The summed E-state index contributed by atoms with van der Waals surface area (Å²) in [6, 6.07) is 8.75. The fourth-order valence-corrected chi connectivity index (χ4v) is 2.67. The Kier molecular flexibility index (Phi) is 2.93. The van der Waals surface area contributed by atoms with Crippen LogP contribution in [-0.2, 0) is 0 Å². The van der Waals surface area contributed by atoms with Gasteiger partial charge in [-0.15, -0.1) is 0 Å². The van der Waals surface area contributed by atoms with Gasteiger partial charge < -0.3 is 15.5 Å². The van der Waals surface area contributed by atoms with E-state index in [0.717, 1.165) is 32.1 Å². The molecule has 1 aliphatic carbocycles. The SMILES string of the molecule is NCCN1CCN(CC2CC2)c2ccccc21. The van der Waals surface area contributed by atoms with Crippen LogP contribution in [0.1, 0.15) is 12.8 Å². The number of hydrogen-bond donors (Lipinski definition) is 1. The van der Waals surface area contributed by atoms with Crippen molar-refractivity contribution in [2.24, 2.45) is 11.7 Å². The highest BCUT2D eigenvalue weighted by atomic mass is 15.3. The summed E-state index contributed by atoms with van der Waals surface area (Å²) in [6.45, 7) is 5.20. The van der Waals surface area contributed by atoms with Gasteiger partial charge >= 0.3 is 0 Å². The topological polar surface area (TPSA) is 32.5 Å². The molecule has 2 N–H and O–H groups in total. The summed E-state index contributed by atoms with van der Waals surface area (Å²) in [4.78, 5) is 4.97. The van der Waals surface area contributed by atoms with Crippen LogP contribution < -0.4 is 15.5 Å². The molecule has 0 bridgehead atoms. The maximum Gasteiger partial charge on any atom is 0.0605 e. The van der Waals surface area contributed by atoms with Crippen LogP contribution in [0.3, 0.4) is 0 Å². The van der Waals surface area contributed by atoms with Gasteiger partial charge in [-0.1, -0.05) is 12.1 Å². The van der Waals surface area contributed by atoms with Gasteiger partial charge in [-0.2, -0.15) is 0 Å². The van der Waals surface area contributed by atoms with Crippen molar-refractivity contribution in [1.82, 2.24) is 0 Å². The average Bonchev–Trinajstić information content (AvgIpc) is 3.17. The van der Waals surface area contributed by atoms with Gasteiger partial charge in [0.2, 0.25) is 0 Å². The smallest absolute Gasteiger partial charge is 0.0605 e. The molecule has 0 radical (unpaired) electrons. The third-order valence-corrected chi connectivity index (χ3v) is 3.78. The Hall–Kier alpha value is -1.22. The van der Waals surface area contributed by atoms with Crippen LogP contribution in [0.5, 0.6) is 0 Å². The van der Waals surface area contributed by atoms with E-state index in [1.54, 1.807) is 0 Å². The van der Waals surface area contributed by atoms with Crippen LogP contribution in [-0.4, -0.2) is 32.7 Å². The first-order chi connectivity index (χ1) is 8.38. The molecule has 1 aromatic carbocycles. The zero-order valence-corrected chi connectivity index (χ0v) is 10.3. The lowest BCUT2D eigenvalue weighted by atomic mass is 10.1. The van der Waals surface area contributed by atoms with Gasteiger partial charge in [0.05, 0.1) is 11.4 Å². The lowest BCUT2D eigenvalue weighted by Crippen LogP contribution is -2.43. The predicted molar refractivity (Wildman–Crippen MR) is 72.6 cm³/mol. The zero-order chi connectivity index (χ0) is 11.7. The highest BCUT2D eigenvalue weighted by Crippen LogP contribution is 2.36. The Bertz CT molecular complexity index is 387. The van der Waals surface area contributed by atoms with E-state index in [0.29, 0.717) is 0 Å².